The maximum atomic E-state index is 11.9. The molecular weight excluding hydrogens is 254 g/mol. The average Bonchev–Trinajstić information content (AvgIpc) is 3.02. The van der Waals surface area contributed by atoms with Crippen molar-refractivity contribution >= 4 is 29.0 Å². The van der Waals surface area contributed by atoms with E-state index in [2.05, 4.69) is 32.5 Å². The lowest BCUT2D eigenvalue weighted by molar-refractivity contribution is -0.115. The first-order valence-electron chi connectivity index (χ1n) is 6.55. The number of pyridine rings is 1. The van der Waals surface area contributed by atoms with Crippen molar-refractivity contribution < 1.29 is 4.79 Å². The molecule has 0 bridgehead atoms. The molecule has 20 heavy (non-hydrogen) atoms. The molecule has 2 aromatic heterocycles. The summed E-state index contributed by atoms with van der Waals surface area (Å²) in [4.78, 5) is 23.4. The fourth-order valence-electron chi connectivity index (χ4n) is 2.04. The zero-order chi connectivity index (χ0) is 13.9. The van der Waals surface area contributed by atoms with Gasteiger partial charge in [-0.1, -0.05) is 6.92 Å². The van der Waals surface area contributed by atoms with E-state index in [4.69, 9.17) is 0 Å². The molecule has 0 radical (unpaired) electrons. The maximum Gasteiger partial charge on any atom is 0.276 e. The molecule has 2 aromatic rings. The molecule has 3 rings (SSSR count). The highest BCUT2D eigenvalue weighted by Gasteiger charge is 2.19. The lowest BCUT2D eigenvalue weighted by atomic mass is 10.2. The van der Waals surface area contributed by atoms with E-state index in [1.807, 2.05) is 18.3 Å². The first-order valence-corrected chi connectivity index (χ1v) is 6.55. The molecule has 6 heteroatoms. The normalized spacial score (nSPS) is 16.6. The number of fused-ring (bicyclic) bond motifs is 1. The molecule has 0 saturated carbocycles. The number of guanidine groups is 1. The van der Waals surface area contributed by atoms with Crippen LogP contribution in [0.4, 0.5) is 0 Å². The van der Waals surface area contributed by atoms with Gasteiger partial charge in [-0.15, -0.1) is 0 Å². The van der Waals surface area contributed by atoms with E-state index >= 15 is 0 Å². The van der Waals surface area contributed by atoms with E-state index in [1.165, 1.54) is 0 Å². The van der Waals surface area contributed by atoms with Gasteiger partial charge in [-0.25, -0.2) is 9.98 Å². The Kier molecular flexibility index (Phi) is 3.20. The number of aromatic nitrogens is 2. The Hall–Kier alpha value is -2.63. The number of nitrogens with one attached hydrogen (secondary N) is 3. The van der Waals surface area contributed by atoms with E-state index < -0.39 is 0 Å². The number of H-pyrrole nitrogens is 1. The summed E-state index contributed by atoms with van der Waals surface area (Å²) in [6, 6.07) is 3.82. The third-order valence-electron chi connectivity index (χ3n) is 3.01. The molecular formula is C14H15N5O. The fraction of sp³-hybridized carbons (Fsp3) is 0.214. The second kappa shape index (κ2) is 5.16. The van der Waals surface area contributed by atoms with Crippen molar-refractivity contribution in [1.82, 2.24) is 20.6 Å². The van der Waals surface area contributed by atoms with Crippen molar-refractivity contribution in [3.63, 3.8) is 0 Å². The van der Waals surface area contributed by atoms with Gasteiger partial charge in [0, 0.05) is 29.9 Å². The summed E-state index contributed by atoms with van der Waals surface area (Å²) in [6.07, 6.45) is 6.28. The summed E-state index contributed by atoms with van der Waals surface area (Å²) >= 11 is 0. The second-order valence-electron chi connectivity index (χ2n) is 4.51. The molecule has 1 aliphatic rings. The molecule has 0 atom stereocenters. The van der Waals surface area contributed by atoms with Gasteiger partial charge in [0.05, 0.1) is 0 Å². The Morgan fingerprint density at radius 1 is 1.45 bits per heavy atom. The average molecular weight is 269 g/mol. The summed E-state index contributed by atoms with van der Waals surface area (Å²) in [5, 5.41) is 6.74. The summed E-state index contributed by atoms with van der Waals surface area (Å²) in [7, 11) is 0. The van der Waals surface area contributed by atoms with Gasteiger partial charge >= 0.3 is 0 Å². The van der Waals surface area contributed by atoms with Gasteiger partial charge in [-0.05, 0) is 24.6 Å². The number of hydrogen-bond acceptors (Lipinski definition) is 4. The van der Waals surface area contributed by atoms with Crippen LogP contribution >= 0.6 is 0 Å². The van der Waals surface area contributed by atoms with Gasteiger partial charge in [0.15, 0.2) is 0 Å². The minimum absolute atomic E-state index is 0.193. The van der Waals surface area contributed by atoms with E-state index in [-0.39, 0.29) is 5.91 Å². The Morgan fingerprint density at radius 2 is 2.35 bits per heavy atom. The van der Waals surface area contributed by atoms with Crippen LogP contribution in [0.15, 0.2) is 35.2 Å². The standard InChI is InChI=1S/C14H15N5O/c1-2-5-16-14-18-11(13(20)19-14)7-9-8-17-12-10(9)4-3-6-15-12/h3-4,6-8H,2,5H2,1H3,(H,15,17)(H2,16,18,19,20). The molecule has 6 nitrogen and oxygen atoms in total. The van der Waals surface area contributed by atoms with E-state index in [0.29, 0.717) is 11.7 Å². The summed E-state index contributed by atoms with van der Waals surface area (Å²) in [5.41, 5.74) is 2.10. The Bertz CT molecular complexity index is 713. The smallest absolute Gasteiger partial charge is 0.276 e. The molecule has 0 aliphatic carbocycles. The Labute approximate surface area is 116 Å². The molecule has 0 aromatic carbocycles. The SMILES string of the molecule is CCCNC1=NC(=Cc2c[nH]c3ncccc23)C(=O)N1. The number of nitrogens with zero attached hydrogens (tertiary/aromatic N) is 2. The van der Waals surface area contributed by atoms with Crippen molar-refractivity contribution in [3.05, 3.63) is 35.8 Å². The Balaban J connectivity index is 1.91. The van der Waals surface area contributed by atoms with Gasteiger partial charge in [-0.2, -0.15) is 0 Å². The molecule has 0 fully saturated rings. The van der Waals surface area contributed by atoms with E-state index in [1.54, 1.807) is 12.3 Å². The lowest BCUT2D eigenvalue weighted by Crippen LogP contribution is -2.36. The second-order valence-corrected chi connectivity index (χ2v) is 4.51. The third kappa shape index (κ3) is 2.27. The van der Waals surface area contributed by atoms with Crippen LogP contribution in [-0.2, 0) is 4.79 Å². The molecule has 1 amide bonds. The number of carbonyl (C=O) groups is 1. The molecule has 0 spiro atoms. The number of hydrogen-bond donors (Lipinski definition) is 3. The summed E-state index contributed by atoms with van der Waals surface area (Å²) in [5.74, 6) is 0.322. The largest absolute Gasteiger partial charge is 0.356 e. The van der Waals surface area contributed by atoms with E-state index in [0.717, 1.165) is 29.6 Å². The molecule has 102 valence electrons. The Morgan fingerprint density at radius 3 is 3.20 bits per heavy atom. The third-order valence-corrected chi connectivity index (χ3v) is 3.01. The molecule has 0 unspecified atom stereocenters. The summed E-state index contributed by atoms with van der Waals surface area (Å²) in [6.45, 7) is 2.84. The van der Waals surface area contributed by atoms with Crippen molar-refractivity contribution in [1.29, 1.82) is 0 Å². The van der Waals surface area contributed by atoms with Crippen LogP contribution in [0.25, 0.3) is 17.1 Å². The first kappa shape index (κ1) is 12.4. The van der Waals surface area contributed by atoms with E-state index in [9.17, 15) is 4.79 Å². The number of aromatic amines is 1. The number of rotatable bonds is 3. The van der Waals surface area contributed by atoms with Crippen LogP contribution in [0.1, 0.15) is 18.9 Å². The van der Waals surface area contributed by atoms with Crippen molar-refractivity contribution in [2.45, 2.75) is 13.3 Å². The minimum atomic E-state index is -0.193. The first-order chi connectivity index (χ1) is 9.78. The highest BCUT2D eigenvalue weighted by atomic mass is 16.2. The predicted molar refractivity (Wildman–Crippen MR) is 77.9 cm³/mol. The summed E-state index contributed by atoms with van der Waals surface area (Å²) < 4.78 is 0. The van der Waals surface area contributed by atoms with Crippen molar-refractivity contribution in [2.24, 2.45) is 4.99 Å². The monoisotopic (exact) mass is 269 g/mol. The van der Waals surface area contributed by atoms with Crippen LogP contribution < -0.4 is 10.6 Å². The molecule has 1 aliphatic heterocycles. The van der Waals surface area contributed by atoms with Crippen molar-refractivity contribution in [3.8, 4) is 0 Å². The predicted octanol–water partition coefficient (Wildman–Crippen LogP) is 1.39. The maximum absolute atomic E-state index is 11.9. The number of amides is 1. The zero-order valence-corrected chi connectivity index (χ0v) is 11.1. The van der Waals surface area contributed by atoms with Gasteiger partial charge in [0.25, 0.3) is 5.91 Å². The highest BCUT2D eigenvalue weighted by Crippen LogP contribution is 2.20. The lowest BCUT2D eigenvalue weighted by Gasteiger charge is -2.01. The molecule has 3 heterocycles. The van der Waals surface area contributed by atoms with Crippen LogP contribution in [0, 0.1) is 0 Å². The van der Waals surface area contributed by atoms with Crippen LogP contribution in [0.5, 0.6) is 0 Å². The van der Waals surface area contributed by atoms with Crippen LogP contribution in [0.3, 0.4) is 0 Å². The zero-order valence-electron chi connectivity index (χ0n) is 11.1. The quantitative estimate of drug-likeness (QED) is 0.736. The molecule has 3 N–H and O–H groups in total. The minimum Gasteiger partial charge on any atom is -0.356 e. The van der Waals surface area contributed by atoms with Gasteiger partial charge in [-0.3, -0.25) is 10.1 Å². The van der Waals surface area contributed by atoms with Crippen LogP contribution in [-0.4, -0.2) is 28.4 Å². The number of aliphatic imine (C=N–C) groups is 1. The highest BCUT2D eigenvalue weighted by molar-refractivity contribution is 6.14. The van der Waals surface area contributed by atoms with Crippen LogP contribution in [0.2, 0.25) is 0 Å². The van der Waals surface area contributed by atoms with Gasteiger partial charge in [0.2, 0.25) is 5.96 Å². The van der Waals surface area contributed by atoms with Crippen molar-refractivity contribution in [2.75, 3.05) is 6.54 Å². The fourth-order valence-corrected chi connectivity index (χ4v) is 2.04. The number of carbonyl (C=O) groups excluding carboxylic acids is 1. The van der Waals surface area contributed by atoms with Gasteiger partial charge < -0.3 is 10.3 Å². The molecule has 0 saturated heterocycles. The van der Waals surface area contributed by atoms with Gasteiger partial charge in [0.1, 0.15) is 11.3 Å². The topological polar surface area (TPSA) is 82.2 Å².